The summed E-state index contributed by atoms with van der Waals surface area (Å²) in [6.07, 6.45) is 18.7. The zero-order valence-corrected chi connectivity index (χ0v) is 18.1. The topological polar surface area (TPSA) is 78.4 Å². The Morgan fingerprint density at radius 2 is 1.14 bits per heavy atom. The second kappa shape index (κ2) is 12.5. The molecule has 0 aromatic rings. The zero-order valence-electron chi connectivity index (χ0n) is 18.1. The first kappa shape index (κ1) is 24.1. The van der Waals surface area contributed by atoms with Crippen LogP contribution in [0.15, 0.2) is 0 Å². The molecule has 3 fully saturated rings. The van der Waals surface area contributed by atoms with Gasteiger partial charge in [-0.3, -0.25) is 4.79 Å². The predicted octanol–water partition coefficient (Wildman–Crippen LogP) is 5.16. The van der Waals surface area contributed by atoms with Gasteiger partial charge in [0.25, 0.3) is 0 Å². The Morgan fingerprint density at radius 3 is 1.55 bits per heavy atom. The number of hydrogen-bond donors (Lipinski definition) is 3. The molecule has 0 radical (unpaired) electrons. The SMILES string of the molecule is O=C(NCCCCCCCCCCCCCCCCO)NC12CC(C(=O)F)(C1)C2. The van der Waals surface area contributed by atoms with Gasteiger partial charge in [-0.2, -0.15) is 4.39 Å². The van der Waals surface area contributed by atoms with Gasteiger partial charge in [-0.1, -0.05) is 77.0 Å². The van der Waals surface area contributed by atoms with Crippen molar-refractivity contribution in [3.8, 4) is 0 Å². The largest absolute Gasteiger partial charge is 0.396 e. The van der Waals surface area contributed by atoms with Gasteiger partial charge in [0.05, 0.1) is 5.41 Å². The van der Waals surface area contributed by atoms with E-state index in [1.54, 1.807) is 0 Å². The Hall–Kier alpha value is -1.17. The van der Waals surface area contributed by atoms with E-state index in [0.717, 1.165) is 19.3 Å². The lowest BCUT2D eigenvalue weighted by Crippen LogP contribution is -2.77. The van der Waals surface area contributed by atoms with Gasteiger partial charge < -0.3 is 15.7 Å². The van der Waals surface area contributed by atoms with E-state index in [2.05, 4.69) is 10.6 Å². The number of rotatable bonds is 18. The van der Waals surface area contributed by atoms with Crippen LogP contribution < -0.4 is 10.6 Å². The minimum Gasteiger partial charge on any atom is -0.396 e. The molecule has 2 amide bonds. The van der Waals surface area contributed by atoms with Gasteiger partial charge in [0.15, 0.2) is 0 Å². The molecule has 0 atom stereocenters. The van der Waals surface area contributed by atoms with Gasteiger partial charge in [-0.15, -0.1) is 0 Å². The maximum atomic E-state index is 12.8. The summed E-state index contributed by atoms with van der Waals surface area (Å²) in [5.74, 6) is 0. The van der Waals surface area contributed by atoms with Gasteiger partial charge in [0.2, 0.25) is 0 Å². The monoisotopic (exact) mass is 412 g/mol. The Bertz CT molecular complexity index is 493. The first-order chi connectivity index (χ1) is 14.0. The Balaban J connectivity index is 1.27. The maximum absolute atomic E-state index is 12.8. The van der Waals surface area contributed by atoms with Crippen LogP contribution in [-0.4, -0.2) is 35.9 Å². The van der Waals surface area contributed by atoms with Gasteiger partial charge in [-0.25, -0.2) is 4.79 Å². The van der Waals surface area contributed by atoms with Crippen molar-refractivity contribution in [1.82, 2.24) is 10.6 Å². The quantitative estimate of drug-likeness (QED) is 0.215. The molecule has 6 heteroatoms. The molecule has 2 bridgehead atoms. The third-order valence-corrected chi connectivity index (χ3v) is 6.70. The average molecular weight is 413 g/mol. The lowest BCUT2D eigenvalue weighted by molar-refractivity contribution is -0.187. The Morgan fingerprint density at radius 1 is 0.724 bits per heavy atom. The van der Waals surface area contributed by atoms with Crippen molar-refractivity contribution in [1.29, 1.82) is 0 Å². The zero-order chi connectivity index (χ0) is 21.0. The Labute approximate surface area is 175 Å². The summed E-state index contributed by atoms with van der Waals surface area (Å²) in [5, 5.41) is 14.5. The van der Waals surface area contributed by atoms with E-state index in [1.165, 1.54) is 70.6 Å². The second-order valence-corrected chi connectivity index (χ2v) is 9.42. The number of carbonyl (C=O) groups is 2. The fraction of sp³-hybridized carbons (Fsp3) is 0.913. The molecule has 3 rings (SSSR count). The summed E-state index contributed by atoms with van der Waals surface area (Å²) in [6.45, 7) is 1.01. The predicted molar refractivity (Wildman–Crippen MR) is 113 cm³/mol. The summed E-state index contributed by atoms with van der Waals surface area (Å²) in [6, 6.07) is -1.40. The summed E-state index contributed by atoms with van der Waals surface area (Å²) in [7, 11) is 0. The van der Waals surface area contributed by atoms with Crippen LogP contribution in [0.5, 0.6) is 0 Å². The number of aliphatic hydroxyl groups is 1. The smallest absolute Gasteiger partial charge is 0.315 e. The molecule has 0 unspecified atom stereocenters. The van der Waals surface area contributed by atoms with Crippen molar-refractivity contribution in [2.24, 2.45) is 5.41 Å². The highest BCUT2D eigenvalue weighted by Gasteiger charge is 2.72. The minimum absolute atomic E-state index is 0.182. The summed E-state index contributed by atoms with van der Waals surface area (Å²) in [5.41, 5.74) is -1.07. The second-order valence-electron chi connectivity index (χ2n) is 9.42. The van der Waals surface area contributed by atoms with Crippen molar-refractivity contribution in [3.05, 3.63) is 0 Å². The number of aliphatic hydroxyl groups excluding tert-OH is 1. The van der Waals surface area contributed by atoms with Crippen molar-refractivity contribution in [3.63, 3.8) is 0 Å². The molecule has 3 saturated carbocycles. The van der Waals surface area contributed by atoms with Gasteiger partial charge in [0, 0.05) is 18.7 Å². The highest BCUT2D eigenvalue weighted by atomic mass is 19.1. The molecule has 0 aromatic heterocycles. The Kier molecular flexibility index (Phi) is 10.4. The fourth-order valence-corrected chi connectivity index (χ4v) is 4.97. The van der Waals surface area contributed by atoms with Gasteiger partial charge in [-0.05, 0) is 32.1 Å². The molecule has 0 aliphatic heterocycles. The van der Waals surface area contributed by atoms with Crippen LogP contribution in [0, 0.1) is 5.41 Å². The molecule has 0 heterocycles. The third kappa shape index (κ3) is 7.88. The third-order valence-electron chi connectivity index (χ3n) is 6.70. The first-order valence-electron chi connectivity index (χ1n) is 11.9. The van der Waals surface area contributed by atoms with Crippen LogP contribution in [-0.2, 0) is 4.79 Å². The maximum Gasteiger partial charge on any atom is 0.315 e. The number of urea groups is 1. The minimum atomic E-state index is -1.22. The van der Waals surface area contributed by atoms with Gasteiger partial charge >= 0.3 is 12.1 Å². The molecule has 3 N–H and O–H groups in total. The summed E-state index contributed by atoms with van der Waals surface area (Å²) < 4.78 is 12.8. The molecular formula is C23H41FN2O3. The summed E-state index contributed by atoms with van der Waals surface area (Å²) in [4.78, 5) is 22.7. The average Bonchev–Trinajstić information content (AvgIpc) is 2.62. The lowest BCUT2D eigenvalue weighted by Gasteiger charge is -2.67. The standard InChI is InChI=1S/C23H41FN2O3/c24-20(28)22-17-23(18-22,19-22)26-21(29)25-15-13-11-9-7-5-3-1-2-4-6-8-10-12-14-16-27/h27H,1-19H2,(H2,25,26,29). The molecule has 0 aromatic carbocycles. The molecule has 0 saturated heterocycles. The molecular weight excluding hydrogens is 371 g/mol. The highest BCUT2D eigenvalue weighted by Crippen LogP contribution is 2.67. The van der Waals surface area contributed by atoms with Crippen LogP contribution in [0.25, 0.3) is 0 Å². The molecule has 0 spiro atoms. The number of hydrogen-bond acceptors (Lipinski definition) is 3. The van der Waals surface area contributed by atoms with Crippen LogP contribution in [0.2, 0.25) is 0 Å². The molecule has 5 nitrogen and oxygen atoms in total. The highest BCUT2D eigenvalue weighted by molar-refractivity contribution is 5.83. The molecule has 3 aliphatic carbocycles. The van der Waals surface area contributed by atoms with Crippen molar-refractivity contribution in [2.45, 2.75) is 115 Å². The van der Waals surface area contributed by atoms with Gasteiger partial charge in [0.1, 0.15) is 0 Å². The fourth-order valence-electron chi connectivity index (χ4n) is 4.97. The van der Waals surface area contributed by atoms with E-state index in [9.17, 15) is 14.0 Å². The normalized spacial score (nSPS) is 24.5. The van der Waals surface area contributed by atoms with Crippen molar-refractivity contribution >= 4 is 12.1 Å². The number of nitrogens with one attached hydrogen (secondary N) is 2. The van der Waals surface area contributed by atoms with Crippen LogP contribution in [0.3, 0.4) is 0 Å². The first-order valence-corrected chi connectivity index (χ1v) is 11.9. The molecule has 29 heavy (non-hydrogen) atoms. The number of halogens is 1. The van der Waals surface area contributed by atoms with E-state index < -0.39 is 11.5 Å². The number of carbonyl (C=O) groups excluding carboxylic acids is 2. The molecule has 168 valence electrons. The van der Waals surface area contributed by atoms with Crippen molar-refractivity contribution in [2.75, 3.05) is 13.2 Å². The van der Waals surface area contributed by atoms with E-state index in [0.29, 0.717) is 32.4 Å². The van der Waals surface area contributed by atoms with E-state index >= 15 is 0 Å². The van der Waals surface area contributed by atoms with E-state index in [-0.39, 0.29) is 11.6 Å². The van der Waals surface area contributed by atoms with Crippen molar-refractivity contribution < 1.29 is 19.1 Å². The van der Waals surface area contributed by atoms with E-state index in [4.69, 9.17) is 5.11 Å². The van der Waals surface area contributed by atoms with Crippen LogP contribution in [0.1, 0.15) is 109 Å². The lowest BCUT2D eigenvalue weighted by atomic mass is 9.39. The van der Waals surface area contributed by atoms with Crippen LogP contribution in [0.4, 0.5) is 9.18 Å². The summed E-state index contributed by atoms with van der Waals surface area (Å²) >= 11 is 0. The number of unbranched alkanes of at least 4 members (excludes halogenated alkanes) is 13. The number of amides is 2. The molecule has 3 aliphatic rings. The van der Waals surface area contributed by atoms with E-state index in [1.807, 2.05) is 0 Å². The van der Waals surface area contributed by atoms with Crippen LogP contribution >= 0.6 is 0 Å².